The van der Waals surface area contributed by atoms with Crippen LogP contribution in [-0.4, -0.2) is 37.6 Å². The van der Waals surface area contributed by atoms with Gasteiger partial charge >= 0.3 is 0 Å². The molecule has 0 aliphatic carbocycles. The molecule has 0 radical (unpaired) electrons. The van der Waals surface area contributed by atoms with E-state index in [0.717, 1.165) is 12.0 Å². The molecule has 2 aliphatic rings. The quantitative estimate of drug-likeness (QED) is 0.709. The SMILES string of the molecule is Cc1ccc(N2CC[C@@H]3CN(C)C[C@@H]32)cc1. The van der Waals surface area contributed by atoms with Crippen molar-refractivity contribution >= 4 is 5.69 Å². The van der Waals surface area contributed by atoms with Crippen molar-refractivity contribution in [2.75, 3.05) is 31.6 Å². The molecular weight excluding hydrogens is 196 g/mol. The van der Waals surface area contributed by atoms with Gasteiger partial charge in [0.1, 0.15) is 0 Å². The van der Waals surface area contributed by atoms with E-state index in [1.54, 1.807) is 0 Å². The molecule has 0 bridgehead atoms. The van der Waals surface area contributed by atoms with Crippen LogP contribution in [0.3, 0.4) is 0 Å². The molecule has 86 valence electrons. The van der Waals surface area contributed by atoms with E-state index in [4.69, 9.17) is 0 Å². The Morgan fingerprint density at radius 3 is 2.62 bits per heavy atom. The minimum atomic E-state index is 0.757. The van der Waals surface area contributed by atoms with E-state index < -0.39 is 0 Å². The number of rotatable bonds is 1. The summed E-state index contributed by atoms with van der Waals surface area (Å²) in [6.07, 6.45) is 1.36. The molecule has 1 aromatic rings. The van der Waals surface area contributed by atoms with Gasteiger partial charge in [-0.2, -0.15) is 0 Å². The minimum absolute atomic E-state index is 0.757. The Kier molecular flexibility index (Phi) is 2.40. The van der Waals surface area contributed by atoms with Crippen molar-refractivity contribution in [1.82, 2.24) is 4.90 Å². The number of likely N-dealkylation sites (tertiary alicyclic amines) is 1. The normalized spacial score (nSPS) is 29.8. The first-order valence-corrected chi connectivity index (χ1v) is 6.26. The number of anilines is 1. The topological polar surface area (TPSA) is 6.48 Å². The summed E-state index contributed by atoms with van der Waals surface area (Å²) in [5.41, 5.74) is 2.76. The molecule has 0 N–H and O–H groups in total. The number of hydrogen-bond acceptors (Lipinski definition) is 2. The van der Waals surface area contributed by atoms with Gasteiger partial charge in [0, 0.05) is 31.4 Å². The Bertz CT molecular complexity index is 371. The molecule has 0 saturated carbocycles. The van der Waals surface area contributed by atoms with Crippen molar-refractivity contribution in [3.8, 4) is 0 Å². The molecule has 0 spiro atoms. The maximum atomic E-state index is 2.60. The average molecular weight is 216 g/mol. The van der Waals surface area contributed by atoms with Crippen LogP contribution < -0.4 is 4.90 Å². The Balaban J connectivity index is 1.83. The van der Waals surface area contributed by atoms with Crippen LogP contribution in [0.2, 0.25) is 0 Å². The number of likely N-dealkylation sites (N-methyl/N-ethyl adjacent to an activating group) is 1. The summed E-state index contributed by atoms with van der Waals surface area (Å²) in [6.45, 7) is 5.91. The fourth-order valence-electron chi connectivity index (χ4n) is 3.23. The van der Waals surface area contributed by atoms with Crippen LogP contribution >= 0.6 is 0 Å². The molecule has 2 fully saturated rings. The fourth-order valence-corrected chi connectivity index (χ4v) is 3.23. The number of nitrogens with zero attached hydrogens (tertiary/aromatic N) is 2. The van der Waals surface area contributed by atoms with E-state index in [1.807, 2.05) is 0 Å². The fraction of sp³-hybridized carbons (Fsp3) is 0.571. The lowest BCUT2D eigenvalue weighted by Crippen LogP contribution is -2.34. The number of hydrogen-bond donors (Lipinski definition) is 0. The van der Waals surface area contributed by atoms with Gasteiger partial charge in [0.25, 0.3) is 0 Å². The second kappa shape index (κ2) is 3.77. The molecule has 2 aliphatic heterocycles. The van der Waals surface area contributed by atoms with Crippen LogP contribution in [0.1, 0.15) is 12.0 Å². The van der Waals surface area contributed by atoms with Crippen LogP contribution in [0.25, 0.3) is 0 Å². The van der Waals surface area contributed by atoms with Gasteiger partial charge in [0.05, 0.1) is 0 Å². The van der Waals surface area contributed by atoms with E-state index in [2.05, 4.69) is 48.0 Å². The third kappa shape index (κ3) is 1.61. The maximum Gasteiger partial charge on any atom is 0.0457 e. The van der Waals surface area contributed by atoms with Gasteiger partial charge < -0.3 is 9.80 Å². The summed E-state index contributed by atoms with van der Waals surface area (Å²) in [4.78, 5) is 5.07. The van der Waals surface area contributed by atoms with Crippen LogP contribution in [0.15, 0.2) is 24.3 Å². The van der Waals surface area contributed by atoms with E-state index in [0.29, 0.717) is 0 Å². The van der Waals surface area contributed by atoms with Crippen molar-refractivity contribution < 1.29 is 0 Å². The molecule has 0 amide bonds. The van der Waals surface area contributed by atoms with Gasteiger partial charge in [-0.25, -0.2) is 0 Å². The second-order valence-corrected chi connectivity index (χ2v) is 5.37. The van der Waals surface area contributed by atoms with Gasteiger partial charge in [-0.3, -0.25) is 0 Å². The molecule has 2 heterocycles. The predicted octanol–water partition coefficient (Wildman–Crippen LogP) is 2.14. The Morgan fingerprint density at radius 1 is 1.12 bits per heavy atom. The first-order chi connectivity index (χ1) is 7.74. The maximum absolute atomic E-state index is 2.60. The minimum Gasteiger partial charge on any atom is -0.367 e. The monoisotopic (exact) mass is 216 g/mol. The van der Waals surface area contributed by atoms with Crippen LogP contribution in [0, 0.1) is 12.8 Å². The number of fused-ring (bicyclic) bond motifs is 1. The van der Waals surface area contributed by atoms with Crippen LogP contribution in [-0.2, 0) is 0 Å². The van der Waals surface area contributed by atoms with E-state index in [9.17, 15) is 0 Å². The molecule has 2 saturated heterocycles. The molecule has 0 aromatic heterocycles. The second-order valence-electron chi connectivity index (χ2n) is 5.37. The zero-order valence-corrected chi connectivity index (χ0v) is 10.2. The lowest BCUT2D eigenvalue weighted by atomic mass is 10.0. The highest BCUT2D eigenvalue weighted by molar-refractivity contribution is 5.50. The van der Waals surface area contributed by atoms with E-state index >= 15 is 0 Å². The third-order valence-corrected chi connectivity index (χ3v) is 4.10. The van der Waals surface area contributed by atoms with E-state index in [-0.39, 0.29) is 0 Å². The van der Waals surface area contributed by atoms with Crippen molar-refractivity contribution in [3.05, 3.63) is 29.8 Å². The molecule has 0 unspecified atom stereocenters. The first-order valence-electron chi connectivity index (χ1n) is 6.26. The largest absolute Gasteiger partial charge is 0.367 e. The van der Waals surface area contributed by atoms with Crippen LogP contribution in [0.5, 0.6) is 0 Å². The molecule has 1 aromatic carbocycles. The summed E-state index contributed by atoms with van der Waals surface area (Å²) in [5.74, 6) is 0.895. The highest BCUT2D eigenvalue weighted by Gasteiger charge is 2.39. The predicted molar refractivity (Wildman–Crippen MR) is 67.9 cm³/mol. The third-order valence-electron chi connectivity index (χ3n) is 4.10. The molecule has 2 heteroatoms. The van der Waals surface area contributed by atoms with Crippen molar-refractivity contribution in [2.45, 2.75) is 19.4 Å². The smallest absolute Gasteiger partial charge is 0.0457 e. The number of aryl methyl sites for hydroxylation is 1. The Labute approximate surface area is 97.9 Å². The molecule has 3 rings (SSSR count). The van der Waals surface area contributed by atoms with Crippen molar-refractivity contribution in [1.29, 1.82) is 0 Å². The summed E-state index contributed by atoms with van der Waals surface area (Å²) in [6, 6.07) is 9.75. The molecule has 16 heavy (non-hydrogen) atoms. The molecule has 2 nitrogen and oxygen atoms in total. The first kappa shape index (κ1) is 10.2. The lowest BCUT2D eigenvalue weighted by molar-refractivity contribution is 0.386. The average Bonchev–Trinajstić information content (AvgIpc) is 2.78. The zero-order valence-electron chi connectivity index (χ0n) is 10.2. The van der Waals surface area contributed by atoms with Gasteiger partial charge in [0.2, 0.25) is 0 Å². The summed E-state index contributed by atoms with van der Waals surface area (Å²) in [7, 11) is 2.24. The van der Waals surface area contributed by atoms with E-state index in [1.165, 1.54) is 37.3 Å². The van der Waals surface area contributed by atoms with Gasteiger partial charge in [0.15, 0.2) is 0 Å². The standard InChI is InChI=1S/C14H20N2/c1-11-3-5-13(6-4-11)16-8-7-12-9-15(2)10-14(12)16/h3-6,12,14H,7-10H2,1-2H3/t12-,14+/m1/s1. The highest BCUT2D eigenvalue weighted by Crippen LogP contribution is 2.34. The molecule has 2 atom stereocenters. The summed E-state index contributed by atoms with van der Waals surface area (Å²) >= 11 is 0. The lowest BCUT2D eigenvalue weighted by Gasteiger charge is -2.26. The molecular formula is C14H20N2. The highest BCUT2D eigenvalue weighted by atomic mass is 15.3. The Morgan fingerprint density at radius 2 is 1.88 bits per heavy atom. The summed E-state index contributed by atoms with van der Waals surface area (Å²) in [5, 5.41) is 0. The van der Waals surface area contributed by atoms with Crippen molar-refractivity contribution in [3.63, 3.8) is 0 Å². The van der Waals surface area contributed by atoms with Gasteiger partial charge in [-0.1, -0.05) is 17.7 Å². The Hall–Kier alpha value is -1.02. The zero-order chi connectivity index (χ0) is 11.1. The van der Waals surface area contributed by atoms with Crippen molar-refractivity contribution in [2.24, 2.45) is 5.92 Å². The van der Waals surface area contributed by atoms with Gasteiger partial charge in [-0.15, -0.1) is 0 Å². The van der Waals surface area contributed by atoms with Gasteiger partial charge in [-0.05, 0) is 38.4 Å². The number of benzene rings is 1. The summed E-state index contributed by atoms with van der Waals surface area (Å²) < 4.78 is 0. The van der Waals surface area contributed by atoms with Crippen LogP contribution in [0.4, 0.5) is 5.69 Å².